The van der Waals surface area contributed by atoms with Crippen molar-refractivity contribution in [2.24, 2.45) is 5.10 Å². The molecule has 140 valence electrons. The second kappa shape index (κ2) is 9.05. The summed E-state index contributed by atoms with van der Waals surface area (Å²) in [6.45, 7) is 2.51. The van der Waals surface area contributed by atoms with Gasteiger partial charge >= 0.3 is 0 Å². The topological polar surface area (TPSA) is 65.0 Å². The van der Waals surface area contributed by atoms with Gasteiger partial charge in [0, 0.05) is 16.5 Å². The van der Waals surface area contributed by atoms with Crippen molar-refractivity contribution < 1.29 is 14.2 Å². The summed E-state index contributed by atoms with van der Waals surface area (Å²) in [4.78, 5) is 4.55. The van der Waals surface area contributed by atoms with Crippen LogP contribution in [0.1, 0.15) is 12.5 Å². The Morgan fingerprint density at radius 2 is 1.93 bits per heavy atom. The first-order chi connectivity index (χ1) is 13.2. The Balaban J connectivity index is 1.70. The summed E-state index contributed by atoms with van der Waals surface area (Å²) in [6, 6.07) is 13.5. The van der Waals surface area contributed by atoms with E-state index in [0.29, 0.717) is 23.2 Å². The van der Waals surface area contributed by atoms with E-state index in [1.807, 2.05) is 54.8 Å². The highest BCUT2D eigenvalue weighted by Crippen LogP contribution is 2.30. The summed E-state index contributed by atoms with van der Waals surface area (Å²) in [6.07, 6.45) is 1.69. The lowest BCUT2D eigenvalue weighted by atomic mass is 10.2. The highest BCUT2D eigenvalue weighted by molar-refractivity contribution is 7.14. The van der Waals surface area contributed by atoms with Crippen molar-refractivity contribution in [3.63, 3.8) is 0 Å². The van der Waals surface area contributed by atoms with E-state index < -0.39 is 0 Å². The van der Waals surface area contributed by atoms with Crippen LogP contribution in [-0.4, -0.2) is 32.0 Å². The Bertz CT molecular complexity index is 907. The third kappa shape index (κ3) is 4.57. The van der Waals surface area contributed by atoms with Gasteiger partial charge in [0.15, 0.2) is 11.5 Å². The number of methoxy groups -OCH3 is 2. The summed E-state index contributed by atoms with van der Waals surface area (Å²) in [5.74, 6) is 2.17. The molecule has 0 aliphatic carbocycles. The van der Waals surface area contributed by atoms with Gasteiger partial charge in [0.25, 0.3) is 0 Å². The molecule has 3 aromatic rings. The molecule has 0 saturated heterocycles. The molecular weight excluding hydrogens is 362 g/mol. The molecule has 1 heterocycles. The smallest absolute Gasteiger partial charge is 0.203 e. The van der Waals surface area contributed by atoms with E-state index in [9.17, 15) is 0 Å². The van der Waals surface area contributed by atoms with Gasteiger partial charge in [0.2, 0.25) is 5.13 Å². The van der Waals surface area contributed by atoms with Crippen molar-refractivity contribution in [2.45, 2.75) is 6.92 Å². The van der Waals surface area contributed by atoms with Crippen LogP contribution >= 0.6 is 11.3 Å². The van der Waals surface area contributed by atoms with Crippen molar-refractivity contribution in [1.29, 1.82) is 0 Å². The monoisotopic (exact) mass is 383 g/mol. The molecule has 0 spiro atoms. The van der Waals surface area contributed by atoms with Gasteiger partial charge in [0.1, 0.15) is 5.75 Å². The molecule has 0 radical (unpaired) electrons. The molecule has 0 aliphatic heterocycles. The SMILES string of the molecule is CCOc1cccc(/C=N\Nc2nc(-c3ccc(OC)cc3)cs2)c1OC. The Morgan fingerprint density at radius 3 is 2.63 bits per heavy atom. The first kappa shape index (κ1) is 18.7. The van der Waals surface area contributed by atoms with E-state index in [1.54, 1.807) is 20.4 Å². The maximum Gasteiger partial charge on any atom is 0.203 e. The first-order valence-electron chi connectivity index (χ1n) is 8.44. The molecule has 1 aromatic heterocycles. The molecule has 3 rings (SSSR count). The lowest BCUT2D eigenvalue weighted by molar-refractivity contribution is 0.311. The highest BCUT2D eigenvalue weighted by atomic mass is 32.1. The zero-order valence-electron chi connectivity index (χ0n) is 15.4. The fourth-order valence-electron chi connectivity index (χ4n) is 2.50. The van der Waals surface area contributed by atoms with Crippen LogP contribution in [0, 0.1) is 0 Å². The summed E-state index contributed by atoms with van der Waals surface area (Å²) in [5.41, 5.74) is 5.70. The molecule has 6 nitrogen and oxygen atoms in total. The number of hydrazone groups is 1. The fourth-order valence-corrected chi connectivity index (χ4v) is 3.17. The summed E-state index contributed by atoms with van der Waals surface area (Å²) < 4.78 is 16.2. The number of nitrogens with zero attached hydrogens (tertiary/aromatic N) is 2. The van der Waals surface area contributed by atoms with Gasteiger partial charge < -0.3 is 14.2 Å². The van der Waals surface area contributed by atoms with E-state index in [-0.39, 0.29) is 0 Å². The second-order valence-electron chi connectivity index (χ2n) is 5.45. The van der Waals surface area contributed by atoms with Crippen molar-refractivity contribution in [3.05, 3.63) is 53.4 Å². The first-order valence-corrected chi connectivity index (χ1v) is 9.32. The van der Waals surface area contributed by atoms with Crippen LogP contribution in [0.15, 0.2) is 52.9 Å². The molecule has 27 heavy (non-hydrogen) atoms. The lowest BCUT2D eigenvalue weighted by Crippen LogP contribution is -1.99. The Morgan fingerprint density at radius 1 is 1.11 bits per heavy atom. The van der Waals surface area contributed by atoms with E-state index >= 15 is 0 Å². The predicted molar refractivity (Wildman–Crippen MR) is 109 cm³/mol. The van der Waals surface area contributed by atoms with Crippen molar-refractivity contribution in [2.75, 3.05) is 26.3 Å². The average molecular weight is 383 g/mol. The standard InChI is InChI=1S/C20H21N3O3S/c1-4-26-18-7-5-6-15(19(18)25-3)12-21-23-20-22-17(13-27-20)14-8-10-16(24-2)11-9-14/h5-13H,4H2,1-3H3,(H,22,23)/b21-12-. The molecule has 2 aromatic carbocycles. The zero-order valence-corrected chi connectivity index (χ0v) is 16.2. The molecule has 0 saturated carbocycles. The average Bonchev–Trinajstić information content (AvgIpc) is 3.17. The number of aromatic nitrogens is 1. The van der Waals surface area contributed by atoms with Gasteiger partial charge in [-0.15, -0.1) is 11.3 Å². The molecule has 0 atom stereocenters. The summed E-state index contributed by atoms with van der Waals surface area (Å²) >= 11 is 1.49. The molecule has 0 amide bonds. The van der Waals surface area contributed by atoms with Crippen LogP contribution < -0.4 is 19.6 Å². The van der Waals surface area contributed by atoms with Crippen LogP contribution in [0.5, 0.6) is 17.2 Å². The van der Waals surface area contributed by atoms with E-state index in [1.165, 1.54) is 11.3 Å². The Kier molecular flexibility index (Phi) is 6.27. The minimum Gasteiger partial charge on any atom is -0.497 e. The predicted octanol–water partition coefficient (Wildman–Crippen LogP) is 4.67. The largest absolute Gasteiger partial charge is 0.497 e. The third-order valence-corrected chi connectivity index (χ3v) is 4.51. The summed E-state index contributed by atoms with van der Waals surface area (Å²) in [5, 5.41) is 6.96. The van der Waals surface area contributed by atoms with E-state index in [0.717, 1.165) is 22.6 Å². The van der Waals surface area contributed by atoms with Gasteiger partial charge in [-0.25, -0.2) is 4.98 Å². The Hall–Kier alpha value is -3.06. The van der Waals surface area contributed by atoms with Crippen LogP contribution in [-0.2, 0) is 0 Å². The van der Waals surface area contributed by atoms with Crippen molar-refractivity contribution in [1.82, 2.24) is 4.98 Å². The zero-order chi connectivity index (χ0) is 19.1. The van der Waals surface area contributed by atoms with Gasteiger partial charge in [-0.1, -0.05) is 6.07 Å². The lowest BCUT2D eigenvalue weighted by Gasteiger charge is -2.10. The van der Waals surface area contributed by atoms with Crippen LogP contribution in [0.3, 0.4) is 0 Å². The van der Waals surface area contributed by atoms with Crippen molar-refractivity contribution >= 4 is 22.7 Å². The van der Waals surface area contributed by atoms with Crippen LogP contribution in [0.25, 0.3) is 11.3 Å². The minimum absolute atomic E-state index is 0.572. The third-order valence-electron chi connectivity index (χ3n) is 3.77. The van der Waals surface area contributed by atoms with E-state index in [2.05, 4.69) is 15.5 Å². The highest BCUT2D eigenvalue weighted by Gasteiger charge is 2.08. The van der Waals surface area contributed by atoms with Gasteiger partial charge in [0.05, 0.1) is 32.7 Å². The second-order valence-corrected chi connectivity index (χ2v) is 6.31. The molecule has 0 bridgehead atoms. The molecule has 7 heteroatoms. The number of anilines is 1. The van der Waals surface area contributed by atoms with Gasteiger partial charge in [-0.3, -0.25) is 5.43 Å². The number of para-hydroxylation sites is 1. The number of rotatable bonds is 8. The fraction of sp³-hybridized carbons (Fsp3) is 0.200. The van der Waals surface area contributed by atoms with Crippen molar-refractivity contribution in [3.8, 4) is 28.5 Å². The molecule has 0 unspecified atom stereocenters. The molecule has 0 aliphatic rings. The summed E-state index contributed by atoms with van der Waals surface area (Å²) in [7, 11) is 3.27. The molecular formula is C20H21N3O3S. The number of ether oxygens (including phenoxy) is 3. The number of benzene rings is 2. The number of hydrogen-bond acceptors (Lipinski definition) is 7. The van der Waals surface area contributed by atoms with Gasteiger partial charge in [-0.2, -0.15) is 5.10 Å². The minimum atomic E-state index is 0.572. The van der Waals surface area contributed by atoms with Crippen LogP contribution in [0.4, 0.5) is 5.13 Å². The normalized spacial score (nSPS) is 10.8. The van der Waals surface area contributed by atoms with Gasteiger partial charge in [-0.05, 0) is 43.3 Å². The van der Waals surface area contributed by atoms with Crippen LogP contribution in [0.2, 0.25) is 0 Å². The number of nitrogens with one attached hydrogen (secondary N) is 1. The maximum atomic E-state index is 5.58. The Labute approximate surface area is 162 Å². The van der Waals surface area contributed by atoms with E-state index in [4.69, 9.17) is 14.2 Å². The molecule has 0 fully saturated rings. The number of thiazole rings is 1. The molecule has 1 N–H and O–H groups in total. The quantitative estimate of drug-likeness (QED) is 0.452. The number of hydrogen-bond donors (Lipinski definition) is 1. The maximum absolute atomic E-state index is 5.58.